The zero-order chi connectivity index (χ0) is 19.4. The van der Waals surface area contributed by atoms with Gasteiger partial charge in [0.2, 0.25) is 4.96 Å². The highest BCUT2D eigenvalue weighted by molar-refractivity contribution is 9.10. The molecular weight excluding hydrogens is 440 g/mol. The number of carbonyl (C=O) groups is 1. The molecule has 3 heterocycles. The predicted molar refractivity (Wildman–Crippen MR) is 112 cm³/mol. The predicted octanol–water partition coefficient (Wildman–Crippen LogP) is 2.86. The van der Waals surface area contributed by atoms with E-state index in [2.05, 4.69) is 26.0 Å². The van der Waals surface area contributed by atoms with Crippen molar-refractivity contribution in [1.29, 1.82) is 0 Å². The minimum Gasteiger partial charge on any atom is -0.308 e. The Hall–Kier alpha value is -2.84. The van der Waals surface area contributed by atoms with Crippen LogP contribution in [0.3, 0.4) is 0 Å². The van der Waals surface area contributed by atoms with Crippen LogP contribution in [0.5, 0.6) is 0 Å². The topological polar surface area (TPSA) is 67.6 Å². The van der Waals surface area contributed by atoms with Crippen LogP contribution in [0.25, 0.3) is 21.9 Å². The summed E-state index contributed by atoms with van der Waals surface area (Å²) in [5.74, 6) is 0.317. The number of nitrogens with zero attached hydrogens (tertiary/aromatic N) is 4. The first-order chi connectivity index (χ1) is 13.6. The molecule has 0 radical (unpaired) electrons. The molecule has 1 aliphatic rings. The first-order valence-corrected chi connectivity index (χ1v) is 10.3. The quantitative estimate of drug-likeness (QED) is 0.468. The van der Waals surface area contributed by atoms with Crippen molar-refractivity contribution in [3.8, 4) is 11.4 Å². The van der Waals surface area contributed by atoms with E-state index in [0.29, 0.717) is 27.4 Å². The van der Waals surface area contributed by atoms with E-state index in [0.717, 1.165) is 21.3 Å². The number of halogens is 1. The second kappa shape index (κ2) is 6.35. The maximum Gasteiger partial charge on any atom is 0.291 e. The lowest BCUT2D eigenvalue weighted by Crippen LogP contribution is -2.32. The SMILES string of the molecule is CCN1C(=O)C(=c2sc3nc(-c4ccccc4Br)nn3c2=O)c2ccccc21. The second-order valence-corrected chi connectivity index (χ2v) is 8.12. The van der Waals surface area contributed by atoms with Gasteiger partial charge >= 0.3 is 0 Å². The van der Waals surface area contributed by atoms with Crippen molar-refractivity contribution < 1.29 is 4.79 Å². The normalized spacial score (nSPS) is 15.5. The number of benzene rings is 2. The monoisotopic (exact) mass is 452 g/mol. The maximum absolute atomic E-state index is 13.1. The molecule has 1 aliphatic heterocycles. The highest BCUT2D eigenvalue weighted by Gasteiger charge is 2.33. The van der Waals surface area contributed by atoms with E-state index in [-0.39, 0.29) is 11.5 Å². The Bertz CT molecular complexity index is 1370. The van der Waals surface area contributed by atoms with Crippen LogP contribution in [0, 0.1) is 0 Å². The van der Waals surface area contributed by atoms with Crippen LogP contribution in [-0.4, -0.2) is 27.0 Å². The first kappa shape index (κ1) is 17.3. The summed E-state index contributed by atoms with van der Waals surface area (Å²) in [5, 5.41) is 4.39. The Morgan fingerprint density at radius 1 is 1.04 bits per heavy atom. The smallest absolute Gasteiger partial charge is 0.291 e. The number of anilines is 1. The van der Waals surface area contributed by atoms with Gasteiger partial charge in [0.05, 0.1) is 11.3 Å². The van der Waals surface area contributed by atoms with Crippen LogP contribution in [0.1, 0.15) is 12.5 Å². The molecular formula is C20H13BrN4O2S. The summed E-state index contributed by atoms with van der Waals surface area (Å²) in [6.45, 7) is 2.46. The van der Waals surface area contributed by atoms with Crippen LogP contribution >= 0.6 is 27.3 Å². The third-order valence-electron chi connectivity index (χ3n) is 4.74. The van der Waals surface area contributed by atoms with Gasteiger partial charge in [0.1, 0.15) is 4.53 Å². The van der Waals surface area contributed by atoms with Gasteiger partial charge in [-0.1, -0.05) is 57.6 Å². The van der Waals surface area contributed by atoms with E-state index >= 15 is 0 Å². The van der Waals surface area contributed by atoms with Crippen molar-refractivity contribution in [2.24, 2.45) is 0 Å². The number of likely N-dealkylation sites (N-methyl/N-ethyl adjacent to an activating group) is 1. The minimum absolute atomic E-state index is 0.156. The van der Waals surface area contributed by atoms with Gasteiger partial charge in [0.15, 0.2) is 5.82 Å². The molecule has 2 aromatic carbocycles. The Morgan fingerprint density at radius 3 is 2.46 bits per heavy atom. The lowest BCUT2D eigenvalue weighted by atomic mass is 10.1. The van der Waals surface area contributed by atoms with Crippen molar-refractivity contribution in [2.75, 3.05) is 11.4 Å². The largest absolute Gasteiger partial charge is 0.308 e. The zero-order valence-corrected chi connectivity index (χ0v) is 17.1. The number of para-hydroxylation sites is 1. The van der Waals surface area contributed by atoms with E-state index in [9.17, 15) is 9.59 Å². The van der Waals surface area contributed by atoms with Gasteiger partial charge < -0.3 is 4.90 Å². The Balaban J connectivity index is 1.76. The number of aromatic nitrogens is 3. The van der Waals surface area contributed by atoms with Gasteiger partial charge in [-0.25, -0.2) is 0 Å². The Labute approximate surface area is 171 Å². The number of rotatable bonds is 2. The highest BCUT2D eigenvalue weighted by atomic mass is 79.9. The number of fused-ring (bicyclic) bond motifs is 2. The average molecular weight is 453 g/mol. The van der Waals surface area contributed by atoms with E-state index in [1.165, 1.54) is 15.9 Å². The summed E-state index contributed by atoms with van der Waals surface area (Å²) >= 11 is 4.69. The molecule has 8 heteroatoms. The number of hydrogen-bond acceptors (Lipinski definition) is 5. The third kappa shape index (κ3) is 2.38. The summed E-state index contributed by atoms with van der Waals surface area (Å²) in [7, 11) is 0. The van der Waals surface area contributed by atoms with E-state index in [1.807, 2.05) is 55.5 Å². The first-order valence-electron chi connectivity index (χ1n) is 8.70. The fourth-order valence-corrected chi connectivity index (χ4v) is 4.92. The molecule has 4 aromatic rings. The van der Waals surface area contributed by atoms with E-state index < -0.39 is 0 Å². The van der Waals surface area contributed by atoms with Crippen LogP contribution < -0.4 is 15.0 Å². The standard InChI is InChI=1S/C20H13BrN4O2S/c1-2-24-14-10-6-4-8-12(14)15(18(24)26)16-19(27)25-20(28-16)22-17(23-25)11-7-3-5-9-13(11)21/h3-10H,2H2,1H3. The molecule has 28 heavy (non-hydrogen) atoms. The number of amides is 1. The summed E-state index contributed by atoms with van der Waals surface area (Å²) in [5.41, 5.74) is 2.54. The molecule has 0 unspecified atom stereocenters. The zero-order valence-electron chi connectivity index (χ0n) is 14.7. The lowest BCUT2D eigenvalue weighted by molar-refractivity contribution is -0.113. The highest BCUT2D eigenvalue weighted by Crippen LogP contribution is 2.35. The summed E-state index contributed by atoms with van der Waals surface area (Å²) in [6, 6.07) is 15.1. The summed E-state index contributed by atoms with van der Waals surface area (Å²) < 4.78 is 2.52. The van der Waals surface area contributed by atoms with Crippen molar-refractivity contribution in [1.82, 2.24) is 14.6 Å². The molecule has 0 spiro atoms. The average Bonchev–Trinajstić information content (AvgIpc) is 3.32. The Morgan fingerprint density at radius 2 is 1.75 bits per heavy atom. The van der Waals surface area contributed by atoms with Crippen LogP contribution in [0.2, 0.25) is 0 Å². The number of thiazole rings is 1. The molecule has 0 saturated carbocycles. The van der Waals surface area contributed by atoms with Crippen molar-refractivity contribution in [3.05, 3.63) is 73.5 Å². The second-order valence-electron chi connectivity index (χ2n) is 6.29. The molecule has 0 aliphatic carbocycles. The molecule has 0 saturated heterocycles. The molecule has 0 fully saturated rings. The van der Waals surface area contributed by atoms with Gasteiger partial charge in [-0.15, -0.1) is 5.10 Å². The summed E-state index contributed by atoms with van der Waals surface area (Å²) in [4.78, 5) is 32.7. The fourth-order valence-electron chi connectivity index (χ4n) is 3.46. The van der Waals surface area contributed by atoms with Crippen LogP contribution in [0.15, 0.2) is 57.8 Å². The molecule has 2 aromatic heterocycles. The number of carbonyl (C=O) groups excluding carboxylic acids is 1. The van der Waals surface area contributed by atoms with Gasteiger partial charge in [-0.3, -0.25) is 9.59 Å². The molecule has 5 rings (SSSR count). The van der Waals surface area contributed by atoms with Gasteiger partial charge in [0.25, 0.3) is 11.5 Å². The lowest BCUT2D eigenvalue weighted by Gasteiger charge is -2.13. The van der Waals surface area contributed by atoms with Gasteiger partial charge in [-0.05, 0) is 25.1 Å². The van der Waals surface area contributed by atoms with E-state index in [1.54, 1.807) is 4.90 Å². The fraction of sp³-hybridized carbons (Fsp3) is 0.100. The minimum atomic E-state index is -0.318. The van der Waals surface area contributed by atoms with Gasteiger partial charge in [-0.2, -0.15) is 9.50 Å². The number of hydrogen-bond donors (Lipinski definition) is 0. The van der Waals surface area contributed by atoms with Crippen molar-refractivity contribution in [2.45, 2.75) is 6.92 Å². The molecule has 1 amide bonds. The molecule has 0 atom stereocenters. The van der Waals surface area contributed by atoms with Crippen LogP contribution in [0.4, 0.5) is 5.69 Å². The Kier molecular flexibility index (Phi) is 3.92. The molecule has 0 N–H and O–H groups in total. The maximum atomic E-state index is 13.1. The van der Waals surface area contributed by atoms with Crippen molar-refractivity contribution in [3.63, 3.8) is 0 Å². The van der Waals surface area contributed by atoms with Gasteiger partial charge in [0, 0.05) is 22.1 Å². The van der Waals surface area contributed by atoms with Crippen LogP contribution in [-0.2, 0) is 4.79 Å². The summed E-state index contributed by atoms with van der Waals surface area (Å²) in [6.07, 6.45) is 0. The van der Waals surface area contributed by atoms with E-state index in [4.69, 9.17) is 0 Å². The molecule has 138 valence electrons. The molecule has 6 nitrogen and oxygen atoms in total. The van der Waals surface area contributed by atoms with Crippen molar-refractivity contribution >= 4 is 49.4 Å². The third-order valence-corrected chi connectivity index (χ3v) is 6.46. The molecule has 0 bridgehead atoms.